The quantitative estimate of drug-likeness (QED) is 0.299. The van der Waals surface area contributed by atoms with E-state index < -0.39 is 24.3 Å². The Morgan fingerprint density at radius 1 is 1.02 bits per heavy atom. The van der Waals surface area contributed by atoms with E-state index in [-0.39, 0.29) is 39.4 Å². The molecule has 1 atom stereocenters. The van der Waals surface area contributed by atoms with Crippen LogP contribution in [0.4, 0.5) is 18.9 Å². The number of nitrogens with one attached hydrogen (secondary N) is 1. The second kappa shape index (κ2) is 11.6. The molecule has 6 rings (SSSR count). The summed E-state index contributed by atoms with van der Waals surface area (Å²) >= 11 is 0. The lowest BCUT2D eigenvalue weighted by Crippen LogP contribution is -2.50. The van der Waals surface area contributed by atoms with Gasteiger partial charge in [0.1, 0.15) is 11.2 Å². The molecule has 0 bridgehead atoms. The van der Waals surface area contributed by atoms with Crippen LogP contribution in [-0.2, 0) is 4.79 Å². The molecule has 15 heteroatoms. The van der Waals surface area contributed by atoms with E-state index >= 15 is 0 Å². The average Bonchev–Trinajstić information content (AvgIpc) is 3.66. The highest BCUT2D eigenvalue weighted by Crippen LogP contribution is 2.30. The van der Waals surface area contributed by atoms with Gasteiger partial charge in [-0.2, -0.15) is 8.78 Å². The molecule has 4 heterocycles. The maximum atomic E-state index is 14.4. The first kappa shape index (κ1) is 28.0. The number of pyridine rings is 1. The van der Waals surface area contributed by atoms with E-state index in [1.54, 1.807) is 17.0 Å². The zero-order valence-corrected chi connectivity index (χ0v) is 22.7. The number of tetrazole rings is 1. The number of benzene rings is 2. The van der Waals surface area contributed by atoms with Gasteiger partial charge in [-0.1, -0.05) is 35.1 Å². The minimum Gasteiger partial charge on any atom is -0.436 e. The molecule has 220 valence electrons. The SMILES string of the molecule is CC(=O)Nc1cc2nc(-c3ccnc(C(=O)N4CCN(C(c5ccccc5)c5nnn(C(F)F)n5)CC4)c3)oc2cc1F. The number of amides is 2. The molecule has 1 aliphatic rings. The van der Waals surface area contributed by atoms with Gasteiger partial charge in [0, 0.05) is 50.9 Å². The van der Waals surface area contributed by atoms with Crippen LogP contribution in [-0.4, -0.2) is 78.0 Å². The van der Waals surface area contributed by atoms with Crippen LogP contribution in [0.25, 0.3) is 22.6 Å². The molecule has 1 aliphatic heterocycles. The Bertz CT molecular complexity index is 1790. The zero-order chi connectivity index (χ0) is 30.1. The van der Waals surface area contributed by atoms with Crippen LogP contribution in [0, 0.1) is 5.82 Å². The predicted octanol–water partition coefficient (Wildman–Crippen LogP) is 3.92. The Morgan fingerprint density at radius 3 is 2.49 bits per heavy atom. The van der Waals surface area contributed by atoms with E-state index in [9.17, 15) is 22.8 Å². The third kappa shape index (κ3) is 5.79. The molecule has 1 unspecified atom stereocenters. The summed E-state index contributed by atoms with van der Waals surface area (Å²) in [6.07, 6.45) is 1.46. The van der Waals surface area contributed by atoms with Crippen molar-refractivity contribution in [3.05, 3.63) is 83.7 Å². The van der Waals surface area contributed by atoms with E-state index in [1.165, 1.54) is 19.2 Å². The maximum Gasteiger partial charge on any atom is 0.350 e. The molecule has 1 saturated heterocycles. The second-order valence-electron chi connectivity index (χ2n) is 9.82. The number of alkyl halides is 2. The van der Waals surface area contributed by atoms with Gasteiger partial charge in [-0.05, 0) is 29.0 Å². The van der Waals surface area contributed by atoms with Gasteiger partial charge in [0.15, 0.2) is 17.2 Å². The zero-order valence-electron chi connectivity index (χ0n) is 22.7. The fourth-order valence-electron chi connectivity index (χ4n) is 4.97. The first-order valence-electron chi connectivity index (χ1n) is 13.3. The summed E-state index contributed by atoms with van der Waals surface area (Å²) < 4.78 is 46.4. The molecule has 12 nitrogen and oxygen atoms in total. The summed E-state index contributed by atoms with van der Waals surface area (Å²) in [5.41, 5.74) is 1.93. The van der Waals surface area contributed by atoms with Gasteiger partial charge in [-0.25, -0.2) is 9.37 Å². The number of nitrogens with zero attached hydrogens (tertiary/aromatic N) is 8. The van der Waals surface area contributed by atoms with E-state index in [0.717, 1.165) is 11.6 Å². The van der Waals surface area contributed by atoms with Gasteiger partial charge >= 0.3 is 6.55 Å². The molecule has 1 N–H and O–H groups in total. The number of anilines is 1. The fraction of sp³-hybridized carbons (Fsp3) is 0.250. The number of fused-ring (bicyclic) bond motifs is 1. The van der Waals surface area contributed by atoms with Crippen molar-refractivity contribution in [2.24, 2.45) is 0 Å². The summed E-state index contributed by atoms with van der Waals surface area (Å²) in [5.74, 6) is -1.10. The van der Waals surface area contributed by atoms with Crippen LogP contribution < -0.4 is 5.32 Å². The molecule has 43 heavy (non-hydrogen) atoms. The van der Waals surface area contributed by atoms with Gasteiger partial charge in [-0.3, -0.25) is 19.5 Å². The Morgan fingerprint density at radius 2 is 1.79 bits per heavy atom. The maximum absolute atomic E-state index is 14.4. The summed E-state index contributed by atoms with van der Waals surface area (Å²) in [5, 5.41) is 13.7. The molecule has 0 spiro atoms. The molecule has 5 aromatic rings. The highest BCUT2D eigenvalue weighted by atomic mass is 19.3. The fourth-order valence-corrected chi connectivity index (χ4v) is 4.97. The third-order valence-electron chi connectivity index (χ3n) is 6.96. The number of halogens is 3. The summed E-state index contributed by atoms with van der Waals surface area (Å²) in [4.78, 5) is 37.4. The summed E-state index contributed by atoms with van der Waals surface area (Å²) in [7, 11) is 0. The summed E-state index contributed by atoms with van der Waals surface area (Å²) in [6, 6.07) is 14.4. The molecular formula is C28H24F3N9O3. The predicted molar refractivity (Wildman–Crippen MR) is 146 cm³/mol. The van der Waals surface area contributed by atoms with Crippen LogP contribution in [0.5, 0.6) is 0 Å². The second-order valence-corrected chi connectivity index (χ2v) is 9.82. The number of rotatable bonds is 7. The monoisotopic (exact) mass is 591 g/mol. The van der Waals surface area contributed by atoms with Gasteiger partial charge in [0.05, 0.1) is 11.7 Å². The van der Waals surface area contributed by atoms with E-state index in [2.05, 4.69) is 30.7 Å². The molecule has 2 amide bonds. The number of carbonyl (C=O) groups is 2. The average molecular weight is 592 g/mol. The van der Waals surface area contributed by atoms with Gasteiger partial charge < -0.3 is 14.6 Å². The highest BCUT2D eigenvalue weighted by molar-refractivity contribution is 5.94. The van der Waals surface area contributed by atoms with Gasteiger partial charge in [0.2, 0.25) is 11.8 Å². The van der Waals surface area contributed by atoms with Crippen LogP contribution >= 0.6 is 0 Å². The number of oxazole rings is 1. The number of piperazine rings is 1. The van der Waals surface area contributed by atoms with E-state index in [4.69, 9.17) is 4.42 Å². The summed E-state index contributed by atoms with van der Waals surface area (Å²) in [6.45, 7) is -0.124. The molecule has 1 fully saturated rings. The highest BCUT2D eigenvalue weighted by Gasteiger charge is 2.32. The normalized spacial score (nSPS) is 14.8. The smallest absolute Gasteiger partial charge is 0.350 e. The Hall–Kier alpha value is -5.18. The molecule has 0 saturated carbocycles. The van der Waals surface area contributed by atoms with Crippen molar-refractivity contribution in [3.63, 3.8) is 0 Å². The van der Waals surface area contributed by atoms with Crippen LogP contribution in [0.15, 0.2) is 65.2 Å². The van der Waals surface area contributed by atoms with Gasteiger partial charge in [-0.15, -0.1) is 10.2 Å². The van der Waals surface area contributed by atoms with Crippen molar-refractivity contribution in [2.75, 3.05) is 31.5 Å². The third-order valence-corrected chi connectivity index (χ3v) is 6.96. The molecule has 3 aromatic heterocycles. The first-order chi connectivity index (χ1) is 20.8. The number of carbonyl (C=O) groups excluding carboxylic acids is 2. The Balaban J connectivity index is 1.19. The van der Waals surface area contributed by atoms with Crippen molar-refractivity contribution in [2.45, 2.75) is 19.5 Å². The minimum atomic E-state index is -2.91. The topological polar surface area (TPSA) is 135 Å². The van der Waals surface area contributed by atoms with Crippen LogP contribution in [0.2, 0.25) is 0 Å². The van der Waals surface area contributed by atoms with Crippen molar-refractivity contribution in [3.8, 4) is 11.5 Å². The molecule has 2 aromatic carbocycles. The molecular weight excluding hydrogens is 567 g/mol. The molecule has 0 radical (unpaired) electrons. The van der Waals surface area contributed by atoms with Crippen molar-refractivity contribution < 1.29 is 27.2 Å². The van der Waals surface area contributed by atoms with Crippen molar-refractivity contribution >= 4 is 28.6 Å². The largest absolute Gasteiger partial charge is 0.436 e. The van der Waals surface area contributed by atoms with Crippen LogP contribution in [0.1, 0.15) is 41.4 Å². The first-order valence-corrected chi connectivity index (χ1v) is 13.3. The lowest BCUT2D eigenvalue weighted by molar-refractivity contribution is -0.114. The molecule has 0 aliphatic carbocycles. The van der Waals surface area contributed by atoms with E-state index in [1.807, 2.05) is 35.2 Å². The minimum absolute atomic E-state index is 0.0199. The van der Waals surface area contributed by atoms with Crippen LogP contribution in [0.3, 0.4) is 0 Å². The lowest BCUT2D eigenvalue weighted by atomic mass is 10.0. The van der Waals surface area contributed by atoms with E-state index in [0.29, 0.717) is 37.3 Å². The lowest BCUT2D eigenvalue weighted by Gasteiger charge is -2.38. The Kier molecular flexibility index (Phi) is 7.54. The van der Waals surface area contributed by atoms with Crippen molar-refractivity contribution in [1.82, 2.24) is 40.0 Å². The number of aromatic nitrogens is 6. The van der Waals surface area contributed by atoms with Gasteiger partial charge in [0.25, 0.3) is 5.91 Å². The number of hydrogen-bond acceptors (Lipinski definition) is 9. The number of hydrogen-bond donors (Lipinski definition) is 1. The van der Waals surface area contributed by atoms with Crippen molar-refractivity contribution in [1.29, 1.82) is 0 Å². The Labute approximate surface area is 242 Å². The standard InChI is InChI=1S/C28H24F3N9O3/c1-16(41)33-20-15-21-23(14-19(20)29)43-26(34-21)18-7-8-32-22(13-18)27(42)39-11-9-38(10-12-39)24(17-5-3-2-4-6-17)25-35-37-40(36-25)28(30)31/h2-8,13-15,24,28H,9-12H2,1H3,(H,33,41).